The Hall–Kier alpha value is -1.10. The summed E-state index contributed by atoms with van der Waals surface area (Å²) in [6.45, 7) is 1.07. The smallest absolute Gasteiger partial charge is 0.306 e. The number of carboxylic acid groups (broad SMARTS) is 1. The predicted octanol–water partition coefficient (Wildman–Crippen LogP) is 0.631. The van der Waals surface area contributed by atoms with Gasteiger partial charge in [-0.25, -0.2) is 0 Å². The minimum Gasteiger partial charge on any atom is -0.481 e. The maximum atomic E-state index is 12.0. The summed E-state index contributed by atoms with van der Waals surface area (Å²) in [4.78, 5) is 24.4. The zero-order valence-corrected chi connectivity index (χ0v) is 9.22. The second kappa shape index (κ2) is 4.82. The maximum absolute atomic E-state index is 12.0. The highest BCUT2D eigenvalue weighted by Crippen LogP contribution is 2.26. The van der Waals surface area contributed by atoms with Crippen molar-refractivity contribution >= 4 is 11.9 Å². The van der Waals surface area contributed by atoms with Crippen molar-refractivity contribution < 1.29 is 19.4 Å². The molecule has 0 bridgehead atoms. The molecule has 5 heteroatoms. The molecule has 1 N–H and O–H groups in total. The van der Waals surface area contributed by atoms with Gasteiger partial charge in [0.2, 0.25) is 0 Å². The number of carbonyl (C=O) groups is 2. The summed E-state index contributed by atoms with van der Waals surface area (Å²) in [5, 5.41) is 8.68. The van der Waals surface area contributed by atoms with Crippen LogP contribution in [0.25, 0.3) is 0 Å². The molecule has 2 fully saturated rings. The monoisotopic (exact) mass is 227 g/mol. The average molecular weight is 227 g/mol. The first kappa shape index (κ1) is 11.4. The zero-order chi connectivity index (χ0) is 11.5. The summed E-state index contributed by atoms with van der Waals surface area (Å²) in [6.07, 6.45) is 3.43. The summed E-state index contributed by atoms with van der Waals surface area (Å²) < 4.78 is 5.22. The molecule has 2 aliphatic rings. The van der Waals surface area contributed by atoms with Crippen LogP contribution in [-0.2, 0) is 14.3 Å². The van der Waals surface area contributed by atoms with Gasteiger partial charge in [-0.15, -0.1) is 0 Å². The number of hydrogen-bond donors (Lipinski definition) is 1. The molecule has 90 valence electrons. The van der Waals surface area contributed by atoms with Gasteiger partial charge in [0.1, 0.15) is 6.10 Å². The molecule has 16 heavy (non-hydrogen) atoms. The highest BCUT2D eigenvalue weighted by molar-refractivity contribution is 5.86. The summed E-state index contributed by atoms with van der Waals surface area (Å²) in [5.41, 5.74) is 0. The summed E-state index contributed by atoms with van der Waals surface area (Å²) in [6, 6.07) is 0.313. The summed E-state index contributed by atoms with van der Waals surface area (Å²) >= 11 is 0. The van der Waals surface area contributed by atoms with Crippen molar-refractivity contribution in [2.45, 2.75) is 44.2 Å². The van der Waals surface area contributed by atoms with Crippen LogP contribution in [0.2, 0.25) is 0 Å². The number of rotatable bonds is 3. The third-order valence-corrected chi connectivity index (χ3v) is 3.34. The lowest BCUT2D eigenvalue weighted by Gasteiger charge is -2.36. The van der Waals surface area contributed by atoms with Crippen molar-refractivity contribution in [2.75, 3.05) is 13.2 Å². The van der Waals surface area contributed by atoms with Crippen LogP contribution in [0.4, 0.5) is 0 Å². The standard InChI is InChI=1S/C11H17NO4/c13-10(14)7-9-11(15)12(5-6-16-9)8-3-1-2-4-8/h8-9H,1-7H2,(H,13,14). The van der Waals surface area contributed by atoms with E-state index in [2.05, 4.69) is 0 Å². The third kappa shape index (κ3) is 2.35. The number of carboxylic acids is 1. The number of nitrogens with zero attached hydrogens (tertiary/aromatic N) is 1. The molecular weight excluding hydrogens is 210 g/mol. The topological polar surface area (TPSA) is 66.8 Å². The van der Waals surface area contributed by atoms with Gasteiger partial charge in [-0.05, 0) is 12.8 Å². The van der Waals surface area contributed by atoms with E-state index in [9.17, 15) is 9.59 Å². The van der Waals surface area contributed by atoms with Crippen LogP contribution < -0.4 is 0 Å². The minimum atomic E-state index is -0.980. The van der Waals surface area contributed by atoms with Crippen molar-refractivity contribution in [2.24, 2.45) is 0 Å². The SMILES string of the molecule is O=C(O)CC1OCCN(C2CCCC2)C1=O. The number of hydrogen-bond acceptors (Lipinski definition) is 3. The molecule has 1 atom stereocenters. The van der Waals surface area contributed by atoms with Crippen molar-refractivity contribution in [3.63, 3.8) is 0 Å². The van der Waals surface area contributed by atoms with E-state index in [-0.39, 0.29) is 12.3 Å². The second-order valence-electron chi connectivity index (χ2n) is 4.43. The quantitative estimate of drug-likeness (QED) is 0.768. The highest BCUT2D eigenvalue weighted by atomic mass is 16.5. The number of ether oxygens (including phenoxy) is 1. The molecule has 1 unspecified atom stereocenters. The van der Waals surface area contributed by atoms with E-state index in [1.807, 2.05) is 4.90 Å². The van der Waals surface area contributed by atoms with Crippen molar-refractivity contribution in [1.29, 1.82) is 0 Å². The first-order valence-electron chi connectivity index (χ1n) is 5.82. The van der Waals surface area contributed by atoms with Crippen LogP contribution in [0, 0.1) is 0 Å². The average Bonchev–Trinajstić information content (AvgIpc) is 2.73. The molecule has 2 rings (SSSR count). The van der Waals surface area contributed by atoms with Crippen LogP contribution in [0.1, 0.15) is 32.1 Å². The Morgan fingerprint density at radius 1 is 1.44 bits per heavy atom. The van der Waals surface area contributed by atoms with Crippen molar-refractivity contribution in [1.82, 2.24) is 4.90 Å². The van der Waals surface area contributed by atoms with Gasteiger partial charge in [0, 0.05) is 12.6 Å². The van der Waals surface area contributed by atoms with Gasteiger partial charge in [-0.1, -0.05) is 12.8 Å². The lowest BCUT2D eigenvalue weighted by Crippen LogP contribution is -2.52. The Morgan fingerprint density at radius 3 is 2.75 bits per heavy atom. The molecule has 0 radical (unpaired) electrons. The van der Waals surface area contributed by atoms with Gasteiger partial charge in [0.15, 0.2) is 0 Å². The van der Waals surface area contributed by atoms with Crippen LogP contribution in [0.3, 0.4) is 0 Å². The molecule has 1 saturated heterocycles. The largest absolute Gasteiger partial charge is 0.481 e. The molecule has 0 aromatic heterocycles. The lowest BCUT2D eigenvalue weighted by atomic mass is 10.1. The van der Waals surface area contributed by atoms with E-state index in [0.29, 0.717) is 19.2 Å². The summed E-state index contributed by atoms with van der Waals surface area (Å²) in [7, 11) is 0. The van der Waals surface area contributed by atoms with Gasteiger partial charge in [0.25, 0.3) is 5.91 Å². The fourth-order valence-electron chi connectivity index (χ4n) is 2.54. The highest BCUT2D eigenvalue weighted by Gasteiger charge is 2.35. The number of aliphatic carboxylic acids is 1. The van der Waals surface area contributed by atoms with Crippen LogP contribution >= 0.6 is 0 Å². The fraction of sp³-hybridized carbons (Fsp3) is 0.818. The van der Waals surface area contributed by atoms with E-state index >= 15 is 0 Å². The van der Waals surface area contributed by atoms with Crippen LogP contribution in [0.5, 0.6) is 0 Å². The second-order valence-corrected chi connectivity index (χ2v) is 4.43. The van der Waals surface area contributed by atoms with Crippen LogP contribution in [-0.4, -0.2) is 47.2 Å². The predicted molar refractivity (Wildman–Crippen MR) is 56.0 cm³/mol. The summed E-state index contributed by atoms with van der Waals surface area (Å²) in [5.74, 6) is -1.12. The van der Waals surface area contributed by atoms with E-state index < -0.39 is 12.1 Å². The normalized spacial score (nSPS) is 27.4. The molecular formula is C11H17NO4. The third-order valence-electron chi connectivity index (χ3n) is 3.34. The molecule has 5 nitrogen and oxygen atoms in total. The molecule has 0 aromatic rings. The van der Waals surface area contributed by atoms with Gasteiger partial charge < -0.3 is 14.7 Å². The fourth-order valence-corrected chi connectivity index (χ4v) is 2.54. The first-order valence-corrected chi connectivity index (χ1v) is 5.82. The first-order chi connectivity index (χ1) is 7.68. The van der Waals surface area contributed by atoms with Gasteiger partial charge in [-0.3, -0.25) is 9.59 Å². The minimum absolute atomic E-state index is 0.138. The molecule has 1 saturated carbocycles. The lowest BCUT2D eigenvalue weighted by molar-refractivity contribution is -0.161. The van der Waals surface area contributed by atoms with Crippen molar-refractivity contribution in [3.05, 3.63) is 0 Å². The van der Waals surface area contributed by atoms with Gasteiger partial charge in [-0.2, -0.15) is 0 Å². The molecule has 0 spiro atoms. The Balaban J connectivity index is 1.98. The van der Waals surface area contributed by atoms with Crippen molar-refractivity contribution in [3.8, 4) is 0 Å². The van der Waals surface area contributed by atoms with E-state index in [0.717, 1.165) is 12.8 Å². The Morgan fingerprint density at radius 2 is 2.12 bits per heavy atom. The molecule has 1 aliphatic heterocycles. The van der Waals surface area contributed by atoms with Gasteiger partial charge in [0.05, 0.1) is 13.0 Å². The number of carbonyl (C=O) groups excluding carboxylic acids is 1. The molecule has 1 heterocycles. The zero-order valence-electron chi connectivity index (χ0n) is 9.22. The maximum Gasteiger partial charge on any atom is 0.306 e. The Labute approximate surface area is 94.4 Å². The Bertz CT molecular complexity index is 286. The van der Waals surface area contributed by atoms with E-state index in [4.69, 9.17) is 9.84 Å². The van der Waals surface area contributed by atoms with E-state index in [1.54, 1.807) is 0 Å². The molecule has 1 aliphatic carbocycles. The van der Waals surface area contributed by atoms with E-state index in [1.165, 1.54) is 12.8 Å². The Kier molecular flexibility index (Phi) is 3.43. The van der Waals surface area contributed by atoms with Gasteiger partial charge >= 0.3 is 5.97 Å². The van der Waals surface area contributed by atoms with Crippen LogP contribution in [0.15, 0.2) is 0 Å². The number of morpholine rings is 1. The molecule has 1 amide bonds. The number of amides is 1. The molecule has 0 aromatic carbocycles.